The number of aromatic nitrogens is 3. The van der Waals surface area contributed by atoms with E-state index in [4.69, 9.17) is 0 Å². The number of alkyl halides is 3. The van der Waals surface area contributed by atoms with Gasteiger partial charge >= 0.3 is 6.18 Å². The van der Waals surface area contributed by atoms with Gasteiger partial charge in [-0.2, -0.15) is 23.4 Å². The molecular weight excluding hydrogens is 395 g/mol. The van der Waals surface area contributed by atoms with E-state index in [1.54, 1.807) is 30.3 Å². The maximum Gasteiger partial charge on any atom is 0.433 e. The summed E-state index contributed by atoms with van der Waals surface area (Å²) in [6, 6.07) is 9.51. The van der Waals surface area contributed by atoms with Gasteiger partial charge in [-0.3, -0.25) is 4.79 Å². The first kappa shape index (κ1) is 20.1. The Hall–Kier alpha value is -3.23. The Morgan fingerprint density at radius 3 is 2.43 bits per heavy atom. The molecule has 0 spiro atoms. The number of halogens is 3. The van der Waals surface area contributed by atoms with Crippen molar-refractivity contribution in [2.75, 3.05) is 5.32 Å². The van der Waals surface area contributed by atoms with Crippen molar-refractivity contribution in [3.05, 3.63) is 60.0 Å². The van der Waals surface area contributed by atoms with Gasteiger partial charge in [-0.05, 0) is 43.9 Å². The number of carbonyl (C=O) groups excluding carboxylic acids is 1. The third-order valence-electron chi connectivity index (χ3n) is 5.28. The summed E-state index contributed by atoms with van der Waals surface area (Å²) in [5.74, 6) is -0.198. The molecule has 0 unspecified atom stereocenters. The first-order valence-corrected chi connectivity index (χ1v) is 9.71. The summed E-state index contributed by atoms with van der Waals surface area (Å²) in [6.07, 6.45) is 1.30. The van der Waals surface area contributed by atoms with E-state index in [1.807, 2.05) is 0 Å². The van der Waals surface area contributed by atoms with Crippen molar-refractivity contribution < 1.29 is 18.0 Å². The SMILES string of the molecule is O=C(NC1CCC(Nc2cc(C(F)(F)F)nc3ccccc23)CC1)c1ccnnc1. The number of pyridine rings is 1. The van der Waals surface area contributed by atoms with Crippen molar-refractivity contribution in [3.63, 3.8) is 0 Å². The van der Waals surface area contributed by atoms with Crippen LogP contribution in [0.25, 0.3) is 10.9 Å². The lowest BCUT2D eigenvalue weighted by Crippen LogP contribution is -2.40. The van der Waals surface area contributed by atoms with E-state index >= 15 is 0 Å². The monoisotopic (exact) mass is 415 g/mol. The van der Waals surface area contributed by atoms with Gasteiger partial charge in [0.2, 0.25) is 0 Å². The molecule has 2 N–H and O–H groups in total. The van der Waals surface area contributed by atoms with Crippen molar-refractivity contribution in [1.82, 2.24) is 20.5 Å². The lowest BCUT2D eigenvalue weighted by atomic mass is 9.90. The summed E-state index contributed by atoms with van der Waals surface area (Å²) in [7, 11) is 0. The molecule has 6 nitrogen and oxygen atoms in total. The predicted octanol–water partition coefficient (Wildman–Crippen LogP) is 4.20. The maximum atomic E-state index is 13.2. The molecule has 1 amide bonds. The minimum Gasteiger partial charge on any atom is -0.382 e. The van der Waals surface area contributed by atoms with Gasteiger partial charge in [0.05, 0.1) is 23.5 Å². The first-order valence-electron chi connectivity index (χ1n) is 9.71. The molecule has 1 fully saturated rings. The van der Waals surface area contributed by atoms with Crippen LogP contribution in [-0.2, 0) is 6.18 Å². The summed E-state index contributed by atoms with van der Waals surface area (Å²) >= 11 is 0. The summed E-state index contributed by atoms with van der Waals surface area (Å²) < 4.78 is 39.7. The number of nitrogens with zero attached hydrogens (tertiary/aromatic N) is 3. The van der Waals surface area contributed by atoms with Crippen molar-refractivity contribution in [2.24, 2.45) is 0 Å². The molecule has 0 saturated heterocycles. The average molecular weight is 415 g/mol. The van der Waals surface area contributed by atoms with Gasteiger partial charge in [-0.1, -0.05) is 18.2 Å². The number of rotatable bonds is 4. The maximum absolute atomic E-state index is 13.2. The average Bonchev–Trinajstić information content (AvgIpc) is 2.75. The third-order valence-corrected chi connectivity index (χ3v) is 5.28. The molecule has 1 aromatic carbocycles. The van der Waals surface area contributed by atoms with Gasteiger partial charge in [0.25, 0.3) is 5.91 Å². The molecule has 0 bridgehead atoms. The Morgan fingerprint density at radius 1 is 1.00 bits per heavy atom. The second kappa shape index (κ2) is 8.25. The van der Waals surface area contributed by atoms with E-state index in [-0.39, 0.29) is 18.0 Å². The first-order chi connectivity index (χ1) is 14.4. The number of nitrogens with one attached hydrogen (secondary N) is 2. The zero-order valence-corrected chi connectivity index (χ0v) is 16.0. The molecular formula is C21H20F3N5O. The summed E-state index contributed by atoms with van der Waals surface area (Å²) in [4.78, 5) is 16.0. The second-order valence-corrected chi connectivity index (χ2v) is 7.37. The van der Waals surface area contributed by atoms with Crippen LogP contribution in [-0.4, -0.2) is 33.2 Å². The molecule has 1 saturated carbocycles. The summed E-state index contributed by atoms with van der Waals surface area (Å²) in [5, 5.41) is 14.3. The molecule has 2 aromatic heterocycles. The smallest absolute Gasteiger partial charge is 0.382 e. The third kappa shape index (κ3) is 4.50. The van der Waals surface area contributed by atoms with Crippen LogP contribution in [0.15, 0.2) is 48.8 Å². The van der Waals surface area contributed by atoms with E-state index in [9.17, 15) is 18.0 Å². The highest BCUT2D eigenvalue weighted by molar-refractivity contribution is 5.94. The lowest BCUT2D eigenvalue weighted by molar-refractivity contribution is -0.140. The van der Waals surface area contributed by atoms with Crippen molar-refractivity contribution >= 4 is 22.5 Å². The largest absolute Gasteiger partial charge is 0.433 e. The molecule has 0 radical (unpaired) electrons. The fraction of sp³-hybridized carbons (Fsp3) is 0.333. The van der Waals surface area contributed by atoms with E-state index < -0.39 is 11.9 Å². The summed E-state index contributed by atoms with van der Waals surface area (Å²) in [5.41, 5.74) is 0.286. The molecule has 9 heteroatoms. The van der Waals surface area contributed by atoms with E-state index in [0.717, 1.165) is 31.7 Å². The summed E-state index contributed by atoms with van der Waals surface area (Å²) in [6.45, 7) is 0. The fourth-order valence-corrected chi connectivity index (χ4v) is 3.74. The Morgan fingerprint density at radius 2 is 1.73 bits per heavy atom. The molecule has 0 aliphatic heterocycles. The zero-order valence-electron chi connectivity index (χ0n) is 16.0. The molecule has 1 aliphatic carbocycles. The Bertz CT molecular complexity index is 1030. The molecule has 2 heterocycles. The van der Waals surface area contributed by atoms with Crippen molar-refractivity contribution in [2.45, 2.75) is 43.9 Å². The molecule has 1 aliphatic rings. The highest BCUT2D eigenvalue weighted by Gasteiger charge is 2.33. The molecule has 0 atom stereocenters. The lowest BCUT2D eigenvalue weighted by Gasteiger charge is -2.30. The van der Waals surface area contributed by atoms with Crippen molar-refractivity contribution in [1.29, 1.82) is 0 Å². The number of carbonyl (C=O) groups is 1. The highest BCUT2D eigenvalue weighted by atomic mass is 19.4. The van der Waals surface area contributed by atoms with Crippen LogP contribution in [0.5, 0.6) is 0 Å². The zero-order chi connectivity index (χ0) is 21.1. The van der Waals surface area contributed by atoms with Crippen LogP contribution in [0.4, 0.5) is 18.9 Å². The van der Waals surface area contributed by atoms with Crippen LogP contribution in [0.3, 0.4) is 0 Å². The Labute approximate surface area is 170 Å². The predicted molar refractivity (Wildman–Crippen MR) is 106 cm³/mol. The number of fused-ring (bicyclic) bond motifs is 1. The number of hydrogen-bond donors (Lipinski definition) is 2. The Balaban J connectivity index is 1.43. The fourth-order valence-electron chi connectivity index (χ4n) is 3.74. The van der Waals surface area contributed by atoms with Crippen LogP contribution in [0, 0.1) is 0 Å². The topological polar surface area (TPSA) is 79.8 Å². The number of benzene rings is 1. The highest BCUT2D eigenvalue weighted by Crippen LogP contribution is 2.34. The molecule has 3 aromatic rings. The second-order valence-electron chi connectivity index (χ2n) is 7.37. The quantitative estimate of drug-likeness (QED) is 0.668. The molecule has 30 heavy (non-hydrogen) atoms. The minimum absolute atomic E-state index is 0.0173. The van der Waals surface area contributed by atoms with Gasteiger partial charge < -0.3 is 10.6 Å². The van der Waals surface area contributed by atoms with Gasteiger partial charge in [0.15, 0.2) is 0 Å². The Kier molecular flexibility index (Phi) is 5.52. The van der Waals surface area contributed by atoms with Crippen LogP contribution in [0.1, 0.15) is 41.7 Å². The van der Waals surface area contributed by atoms with E-state index in [2.05, 4.69) is 25.8 Å². The number of amides is 1. The van der Waals surface area contributed by atoms with Crippen LogP contribution < -0.4 is 10.6 Å². The standard InChI is InChI=1S/C21H20F3N5O/c22-21(23,24)19-11-18(16-3-1-2-4-17(16)29-19)27-14-5-7-15(8-6-14)28-20(30)13-9-10-25-26-12-13/h1-4,9-12,14-15H,5-8H2,(H,27,29)(H,28,30). The van der Waals surface area contributed by atoms with Crippen LogP contribution >= 0.6 is 0 Å². The van der Waals surface area contributed by atoms with Crippen LogP contribution in [0.2, 0.25) is 0 Å². The van der Waals surface area contributed by atoms with E-state index in [1.165, 1.54) is 12.4 Å². The number of hydrogen-bond acceptors (Lipinski definition) is 5. The minimum atomic E-state index is -4.51. The molecule has 4 rings (SSSR count). The molecule has 156 valence electrons. The van der Waals surface area contributed by atoms with Crippen molar-refractivity contribution in [3.8, 4) is 0 Å². The van der Waals surface area contributed by atoms with Gasteiger partial charge in [-0.25, -0.2) is 4.98 Å². The van der Waals surface area contributed by atoms with Gasteiger partial charge in [0, 0.05) is 23.2 Å². The normalized spacial score (nSPS) is 19.4. The number of para-hydroxylation sites is 1. The van der Waals surface area contributed by atoms with E-state index in [0.29, 0.717) is 22.2 Å². The van der Waals surface area contributed by atoms with Gasteiger partial charge in [-0.15, -0.1) is 0 Å². The van der Waals surface area contributed by atoms with Gasteiger partial charge in [0.1, 0.15) is 5.69 Å². The number of anilines is 1.